The largest absolute Gasteiger partial charge is 0.292 e. The van der Waals surface area contributed by atoms with E-state index in [4.69, 9.17) is 0 Å². The number of rotatable bonds is 4. The standard InChI is InChI=1S/C18H16N4OS/c1-10(2)16-13(9-20-11(3)21-16)17(23)12(8-19)18-22-14-6-4-5-7-15(14)24-18/h4-7,9-10,12H,1-3H3. The number of benzene rings is 1. The van der Waals surface area contributed by atoms with Gasteiger partial charge in [0.05, 0.1) is 27.5 Å². The molecule has 0 aliphatic rings. The van der Waals surface area contributed by atoms with E-state index in [1.54, 1.807) is 6.92 Å². The summed E-state index contributed by atoms with van der Waals surface area (Å²) in [7, 11) is 0. The smallest absolute Gasteiger partial charge is 0.190 e. The summed E-state index contributed by atoms with van der Waals surface area (Å²) in [6, 6.07) is 9.72. The van der Waals surface area contributed by atoms with Gasteiger partial charge in [-0.05, 0) is 25.0 Å². The number of aromatic nitrogens is 3. The Hall–Kier alpha value is -2.65. The Balaban J connectivity index is 2.06. The van der Waals surface area contributed by atoms with Crippen molar-refractivity contribution in [3.05, 3.63) is 52.6 Å². The van der Waals surface area contributed by atoms with Crippen LogP contribution in [0.5, 0.6) is 0 Å². The highest BCUT2D eigenvalue weighted by Crippen LogP contribution is 2.30. The van der Waals surface area contributed by atoms with Crippen LogP contribution in [0.25, 0.3) is 10.2 Å². The minimum absolute atomic E-state index is 0.0698. The number of carbonyl (C=O) groups is 1. The molecule has 0 fully saturated rings. The molecular weight excluding hydrogens is 320 g/mol. The zero-order valence-electron chi connectivity index (χ0n) is 13.6. The van der Waals surface area contributed by atoms with Crippen LogP contribution in [0.2, 0.25) is 0 Å². The summed E-state index contributed by atoms with van der Waals surface area (Å²) >= 11 is 1.38. The van der Waals surface area contributed by atoms with Crippen LogP contribution in [0.3, 0.4) is 0 Å². The van der Waals surface area contributed by atoms with Gasteiger partial charge in [0.25, 0.3) is 0 Å². The number of Topliss-reactive ketones (excluding diaryl/α,β-unsaturated/α-hetero) is 1. The molecule has 1 atom stereocenters. The van der Waals surface area contributed by atoms with Crippen LogP contribution in [0.15, 0.2) is 30.5 Å². The molecule has 0 spiro atoms. The van der Waals surface area contributed by atoms with E-state index < -0.39 is 5.92 Å². The molecule has 0 saturated heterocycles. The summed E-state index contributed by atoms with van der Waals surface area (Å²) in [5.74, 6) is -0.546. The van der Waals surface area contributed by atoms with E-state index in [-0.39, 0.29) is 11.7 Å². The Morgan fingerprint density at radius 2 is 2.00 bits per heavy atom. The number of hydrogen-bond acceptors (Lipinski definition) is 6. The molecule has 2 heterocycles. The van der Waals surface area contributed by atoms with E-state index in [0.29, 0.717) is 22.1 Å². The predicted octanol–water partition coefficient (Wildman–Crippen LogP) is 4.01. The van der Waals surface area contributed by atoms with Gasteiger partial charge < -0.3 is 0 Å². The molecule has 0 aliphatic carbocycles. The van der Waals surface area contributed by atoms with Crippen LogP contribution in [0.4, 0.5) is 0 Å². The number of hydrogen-bond donors (Lipinski definition) is 0. The van der Waals surface area contributed by atoms with E-state index in [9.17, 15) is 10.1 Å². The molecule has 0 bridgehead atoms. The number of para-hydroxylation sites is 1. The molecule has 0 amide bonds. The first-order chi connectivity index (χ1) is 11.5. The van der Waals surface area contributed by atoms with Crippen LogP contribution in [0, 0.1) is 18.3 Å². The third kappa shape index (κ3) is 2.91. The highest BCUT2D eigenvalue weighted by atomic mass is 32.1. The number of fused-ring (bicyclic) bond motifs is 1. The molecular formula is C18H16N4OS. The van der Waals surface area contributed by atoms with Gasteiger partial charge in [0, 0.05) is 6.20 Å². The highest BCUT2D eigenvalue weighted by molar-refractivity contribution is 7.18. The Morgan fingerprint density at radius 3 is 2.67 bits per heavy atom. The fraction of sp³-hybridized carbons (Fsp3) is 0.278. The molecule has 5 nitrogen and oxygen atoms in total. The van der Waals surface area contributed by atoms with E-state index in [0.717, 1.165) is 10.2 Å². The van der Waals surface area contributed by atoms with Crippen molar-refractivity contribution >= 4 is 27.3 Å². The van der Waals surface area contributed by atoms with Crippen LogP contribution >= 0.6 is 11.3 Å². The van der Waals surface area contributed by atoms with Crippen LogP contribution in [-0.4, -0.2) is 20.7 Å². The molecule has 120 valence electrons. The lowest BCUT2D eigenvalue weighted by molar-refractivity contribution is 0.0976. The Kier molecular flexibility index (Phi) is 4.36. The molecule has 24 heavy (non-hydrogen) atoms. The lowest BCUT2D eigenvalue weighted by Crippen LogP contribution is -2.16. The van der Waals surface area contributed by atoms with Gasteiger partial charge in [-0.1, -0.05) is 26.0 Å². The molecule has 3 aromatic rings. The summed E-state index contributed by atoms with van der Waals surface area (Å²) in [6.45, 7) is 5.73. The van der Waals surface area contributed by atoms with Crippen molar-refractivity contribution < 1.29 is 4.79 Å². The SMILES string of the molecule is Cc1ncc(C(=O)C(C#N)c2nc3ccccc3s2)c(C(C)C)n1. The van der Waals surface area contributed by atoms with E-state index in [2.05, 4.69) is 21.0 Å². The maximum absolute atomic E-state index is 13.0. The van der Waals surface area contributed by atoms with Crippen LogP contribution < -0.4 is 0 Å². The second-order valence-electron chi connectivity index (χ2n) is 5.82. The van der Waals surface area contributed by atoms with Gasteiger partial charge in [-0.15, -0.1) is 11.3 Å². The fourth-order valence-electron chi connectivity index (χ4n) is 2.51. The number of aryl methyl sites for hydroxylation is 1. The van der Waals surface area contributed by atoms with Crippen molar-refractivity contribution in [2.75, 3.05) is 0 Å². The van der Waals surface area contributed by atoms with Gasteiger partial charge >= 0.3 is 0 Å². The van der Waals surface area contributed by atoms with Crippen LogP contribution in [0.1, 0.15) is 52.6 Å². The highest BCUT2D eigenvalue weighted by Gasteiger charge is 2.28. The van der Waals surface area contributed by atoms with Gasteiger partial charge in [-0.2, -0.15) is 5.26 Å². The molecule has 0 saturated carbocycles. The van der Waals surface area contributed by atoms with Gasteiger partial charge in [0.1, 0.15) is 10.8 Å². The minimum Gasteiger partial charge on any atom is -0.292 e. The van der Waals surface area contributed by atoms with Gasteiger partial charge in [0.2, 0.25) is 0 Å². The summed E-state index contributed by atoms with van der Waals surface area (Å²) in [6.07, 6.45) is 1.53. The van der Waals surface area contributed by atoms with Gasteiger partial charge in [-0.25, -0.2) is 15.0 Å². The first-order valence-corrected chi connectivity index (χ1v) is 8.45. The Labute approximate surface area is 144 Å². The second-order valence-corrected chi connectivity index (χ2v) is 6.88. The second kappa shape index (κ2) is 6.46. The van der Waals surface area contributed by atoms with Crippen LogP contribution in [-0.2, 0) is 0 Å². The maximum Gasteiger partial charge on any atom is 0.190 e. The number of nitrogens with zero attached hydrogens (tertiary/aromatic N) is 4. The molecule has 2 aromatic heterocycles. The zero-order valence-corrected chi connectivity index (χ0v) is 14.5. The zero-order chi connectivity index (χ0) is 17.3. The summed E-state index contributed by atoms with van der Waals surface area (Å²) in [5, 5.41) is 10.1. The number of nitriles is 1. The number of carbonyl (C=O) groups excluding carboxylic acids is 1. The van der Waals surface area contributed by atoms with Crippen molar-refractivity contribution in [2.45, 2.75) is 32.6 Å². The molecule has 3 rings (SSSR count). The maximum atomic E-state index is 13.0. The molecule has 0 N–H and O–H groups in total. The van der Waals surface area contributed by atoms with Crippen molar-refractivity contribution in [1.29, 1.82) is 5.26 Å². The molecule has 0 radical (unpaired) electrons. The minimum atomic E-state index is -0.939. The summed E-state index contributed by atoms with van der Waals surface area (Å²) in [5.41, 5.74) is 1.88. The summed E-state index contributed by atoms with van der Waals surface area (Å²) in [4.78, 5) is 25.9. The third-order valence-electron chi connectivity index (χ3n) is 3.70. The average molecular weight is 336 g/mol. The van der Waals surface area contributed by atoms with Crippen molar-refractivity contribution in [2.24, 2.45) is 0 Å². The van der Waals surface area contributed by atoms with E-state index in [1.165, 1.54) is 17.5 Å². The predicted molar refractivity (Wildman–Crippen MR) is 93.2 cm³/mol. The monoisotopic (exact) mass is 336 g/mol. The van der Waals surface area contributed by atoms with Gasteiger partial charge in [-0.3, -0.25) is 4.79 Å². The van der Waals surface area contributed by atoms with E-state index in [1.807, 2.05) is 38.1 Å². The fourth-order valence-corrected chi connectivity index (χ4v) is 3.52. The van der Waals surface area contributed by atoms with Crippen molar-refractivity contribution in [3.8, 4) is 6.07 Å². The molecule has 1 aromatic carbocycles. The Morgan fingerprint density at radius 1 is 1.25 bits per heavy atom. The molecule has 6 heteroatoms. The molecule has 0 aliphatic heterocycles. The van der Waals surface area contributed by atoms with Crippen molar-refractivity contribution in [1.82, 2.24) is 15.0 Å². The third-order valence-corrected chi connectivity index (χ3v) is 4.80. The van der Waals surface area contributed by atoms with Gasteiger partial charge in [0.15, 0.2) is 11.7 Å². The first kappa shape index (κ1) is 16.2. The average Bonchev–Trinajstić information content (AvgIpc) is 2.98. The topological polar surface area (TPSA) is 79.5 Å². The lowest BCUT2D eigenvalue weighted by atomic mass is 9.95. The lowest BCUT2D eigenvalue weighted by Gasteiger charge is -2.12. The molecule has 1 unspecified atom stereocenters. The quantitative estimate of drug-likeness (QED) is 0.673. The number of thiazole rings is 1. The Bertz CT molecular complexity index is 922. The van der Waals surface area contributed by atoms with E-state index >= 15 is 0 Å². The van der Waals surface area contributed by atoms with Crippen molar-refractivity contribution in [3.63, 3.8) is 0 Å². The summed E-state index contributed by atoms with van der Waals surface area (Å²) < 4.78 is 0.963. The number of ketones is 1. The first-order valence-electron chi connectivity index (χ1n) is 7.64. The normalized spacial score (nSPS) is 12.3.